The Kier molecular flexibility index (Phi) is 5.37. The molecule has 3 rings (SSSR count). The molecule has 2 amide bonds. The molecule has 1 aliphatic rings. The quantitative estimate of drug-likeness (QED) is 0.774. The summed E-state index contributed by atoms with van der Waals surface area (Å²) in [4.78, 5) is 12.1. The van der Waals surface area contributed by atoms with Crippen molar-refractivity contribution >= 4 is 11.8 Å². The highest BCUT2D eigenvalue weighted by atomic mass is 16.3. The Morgan fingerprint density at radius 2 is 2.16 bits per heavy atom. The fourth-order valence-electron chi connectivity index (χ4n) is 3.30. The van der Waals surface area contributed by atoms with Gasteiger partial charge in [0.1, 0.15) is 6.10 Å². The second-order valence-electron chi connectivity index (χ2n) is 6.66. The average Bonchev–Trinajstić information content (AvgIpc) is 3.20. The molecule has 0 radical (unpaired) electrons. The number of aliphatic hydroxyl groups excluding tert-OH is 1. The van der Waals surface area contributed by atoms with Crippen LogP contribution >= 0.6 is 0 Å². The van der Waals surface area contributed by atoms with E-state index >= 15 is 0 Å². The summed E-state index contributed by atoms with van der Waals surface area (Å²) in [6.07, 6.45) is 8.85. The van der Waals surface area contributed by atoms with Gasteiger partial charge in [0.15, 0.2) is 5.82 Å². The topological polar surface area (TPSA) is 97.0 Å². The molecule has 8 nitrogen and oxygen atoms in total. The van der Waals surface area contributed by atoms with E-state index in [-0.39, 0.29) is 12.6 Å². The number of hydrogen-bond donors (Lipinski definition) is 3. The van der Waals surface area contributed by atoms with Crippen LogP contribution < -0.4 is 10.6 Å². The molecule has 0 aliphatic heterocycles. The van der Waals surface area contributed by atoms with Gasteiger partial charge in [-0.15, -0.1) is 0 Å². The van der Waals surface area contributed by atoms with Gasteiger partial charge in [-0.1, -0.05) is 19.3 Å². The zero-order chi connectivity index (χ0) is 17.8. The number of aliphatic hydroxyl groups is 1. The minimum Gasteiger partial charge on any atom is -0.385 e. The number of carbonyl (C=O) groups is 1. The Morgan fingerprint density at radius 1 is 1.40 bits per heavy atom. The molecule has 0 aromatic carbocycles. The number of anilines is 1. The van der Waals surface area contributed by atoms with Gasteiger partial charge in [-0.2, -0.15) is 10.2 Å². The lowest BCUT2D eigenvalue weighted by Gasteiger charge is -2.21. The summed E-state index contributed by atoms with van der Waals surface area (Å²) in [6, 6.07) is 1.77. The predicted molar refractivity (Wildman–Crippen MR) is 94.3 cm³/mol. The highest BCUT2D eigenvalue weighted by Gasteiger charge is 2.19. The van der Waals surface area contributed by atoms with Crippen molar-refractivity contribution in [2.75, 3.05) is 11.9 Å². The van der Waals surface area contributed by atoms with Crippen LogP contribution in [0.4, 0.5) is 10.6 Å². The normalized spacial score (nSPS) is 16.6. The van der Waals surface area contributed by atoms with Crippen molar-refractivity contribution in [1.29, 1.82) is 0 Å². The molecule has 1 unspecified atom stereocenters. The van der Waals surface area contributed by atoms with E-state index in [1.165, 1.54) is 19.3 Å². The molecule has 2 heterocycles. The monoisotopic (exact) mass is 346 g/mol. The summed E-state index contributed by atoms with van der Waals surface area (Å²) >= 11 is 0. The maximum absolute atomic E-state index is 12.1. The molecule has 1 aliphatic carbocycles. The third-order valence-electron chi connectivity index (χ3n) is 4.75. The van der Waals surface area contributed by atoms with Crippen LogP contribution in [-0.2, 0) is 7.05 Å². The van der Waals surface area contributed by atoms with E-state index in [9.17, 15) is 9.90 Å². The van der Waals surface area contributed by atoms with Crippen molar-refractivity contribution in [2.45, 2.75) is 51.2 Å². The number of hydrogen-bond acceptors (Lipinski definition) is 4. The van der Waals surface area contributed by atoms with Crippen molar-refractivity contribution in [3.05, 3.63) is 29.7 Å². The largest absolute Gasteiger partial charge is 0.385 e. The van der Waals surface area contributed by atoms with Crippen LogP contribution in [0.25, 0.3) is 0 Å². The standard InChI is InChI=1S/C17H26N6O2/c1-12-11-23(13-6-4-3-5-7-13)21-16(12)20-17(25)18-10-15(24)14-8-9-19-22(14)2/h8-9,11,13,15,24H,3-7,10H2,1-2H3,(H2,18,20,21,25). The highest BCUT2D eigenvalue weighted by molar-refractivity contribution is 5.88. The third kappa shape index (κ3) is 4.19. The van der Waals surface area contributed by atoms with E-state index in [4.69, 9.17) is 0 Å². The Morgan fingerprint density at radius 3 is 2.84 bits per heavy atom. The first-order valence-electron chi connectivity index (χ1n) is 8.81. The van der Waals surface area contributed by atoms with Crippen molar-refractivity contribution < 1.29 is 9.90 Å². The predicted octanol–water partition coefficient (Wildman–Crippen LogP) is 2.29. The minimum atomic E-state index is -0.806. The van der Waals surface area contributed by atoms with E-state index in [0.717, 1.165) is 18.4 Å². The van der Waals surface area contributed by atoms with Crippen LogP contribution in [0.2, 0.25) is 0 Å². The Hall–Kier alpha value is -2.35. The number of nitrogens with one attached hydrogen (secondary N) is 2. The van der Waals surface area contributed by atoms with Crippen LogP contribution in [0, 0.1) is 6.92 Å². The lowest BCUT2D eigenvalue weighted by atomic mass is 9.96. The fraction of sp³-hybridized carbons (Fsp3) is 0.588. The van der Waals surface area contributed by atoms with Gasteiger partial charge in [0.25, 0.3) is 0 Å². The van der Waals surface area contributed by atoms with Crippen molar-refractivity contribution in [1.82, 2.24) is 24.9 Å². The van der Waals surface area contributed by atoms with Gasteiger partial charge >= 0.3 is 6.03 Å². The van der Waals surface area contributed by atoms with Gasteiger partial charge in [-0.3, -0.25) is 14.7 Å². The summed E-state index contributed by atoms with van der Waals surface area (Å²) in [7, 11) is 1.75. The van der Waals surface area contributed by atoms with Gasteiger partial charge in [0, 0.05) is 25.0 Å². The maximum atomic E-state index is 12.1. The van der Waals surface area contributed by atoms with Crippen LogP contribution in [0.5, 0.6) is 0 Å². The lowest BCUT2D eigenvalue weighted by molar-refractivity contribution is 0.166. The second-order valence-corrected chi connectivity index (χ2v) is 6.66. The minimum absolute atomic E-state index is 0.105. The van der Waals surface area contributed by atoms with Crippen LogP contribution in [0.15, 0.2) is 18.5 Å². The summed E-state index contributed by atoms with van der Waals surface area (Å²) in [5, 5.41) is 24.1. The Balaban J connectivity index is 1.54. The number of urea groups is 1. The number of aryl methyl sites for hydroxylation is 2. The Labute approximate surface area is 147 Å². The molecule has 136 valence electrons. The van der Waals surface area contributed by atoms with Gasteiger partial charge in [0.05, 0.1) is 18.3 Å². The van der Waals surface area contributed by atoms with Crippen LogP contribution in [0.3, 0.4) is 0 Å². The molecule has 25 heavy (non-hydrogen) atoms. The molecule has 0 bridgehead atoms. The molecule has 2 aromatic heterocycles. The van der Waals surface area contributed by atoms with E-state index in [1.807, 2.05) is 17.8 Å². The highest BCUT2D eigenvalue weighted by Crippen LogP contribution is 2.28. The molecule has 1 saturated carbocycles. The number of rotatable bonds is 5. The first-order valence-corrected chi connectivity index (χ1v) is 8.81. The van der Waals surface area contributed by atoms with E-state index in [1.54, 1.807) is 24.0 Å². The number of aromatic nitrogens is 4. The van der Waals surface area contributed by atoms with Gasteiger partial charge in [-0.05, 0) is 25.8 Å². The molecule has 3 N–H and O–H groups in total. The number of carbonyl (C=O) groups excluding carboxylic acids is 1. The summed E-state index contributed by atoms with van der Waals surface area (Å²) in [5.74, 6) is 0.568. The average molecular weight is 346 g/mol. The molecule has 0 spiro atoms. The summed E-state index contributed by atoms with van der Waals surface area (Å²) in [6.45, 7) is 2.04. The fourth-order valence-corrected chi connectivity index (χ4v) is 3.30. The van der Waals surface area contributed by atoms with Crippen molar-refractivity contribution in [2.24, 2.45) is 7.05 Å². The van der Waals surface area contributed by atoms with Crippen molar-refractivity contribution in [3.63, 3.8) is 0 Å². The number of nitrogens with zero attached hydrogens (tertiary/aromatic N) is 4. The first-order chi connectivity index (χ1) is 12.0. The van der Waals surface area contributed by atoms with Crippen LogP contribution in [0.1, 0.15) is 55.5 Å². The smallest absolute Gasteiger partial charge is 0.320 e. The zero-order valence-corrected chi connectivity index (χ0v) is 14.8. The molecular formula is C17H26N6O2. The second kappa shape index (κ2) is 7.69. The van der Waals surface area contributed by atoms with E-state index < -0.39 is 6.10 Å². The summed E-state index contributed by atoms with van der Waals surface area (Å²) in [5.41, 5.74) is 1.59. The molecule has 0 saturated heterocycles. The molecule has 8 heteroatoms. The van der Waals surface area contributed by atoms with Crippen LogP contribution in [-0.4, -0.2) is 37.2 Å². The number of amides is 2. The van der Waals surface area contributed by atoms with Gasteiger partial charge in [0.2, 0.25) is 0 Å². The Bertz CT molecular complexity index is 717. The molecular weight excluding hydrogens is 320 g/mol. The molecule has 1 atom stereocenters. The third-order valence-corrected chi connectivity index (χ3v) is 4.75. The molecule has 2 aromatic rings. The summed E-state index contributed by atoms with van der Waals surface area (Å²) < 4.78 is 3.56. The maximum Gasteiger partial charge on any atom is 0.320 e. The zero-order valence-electron chi connectivity index (χ0n) is 14.8. The van der Waals surface area contributed by atoms with Gasteiger partial charge < -0.3 is 10.4 Å². The first kappa shape index (κ1) is 17.5. The molecule has 1 fully saturated rings. The SMILES string of the molecule is Cc1cn(C2CCCCC2)nc1NC(=O)NCC(O)c1ccnn1C. The van der Waals surface area contributed by atoms with E-state index in [0.29, 0.717) is 17.6 Å². The lowest BCUT2D eigenvalue weighted by Crippen LogP contribution is -2.33. The van der Waals surface area contributed by atoms with Crippen molar-refractivity contribution in [3.8, 4) is 0 Å². The van der Waals surface area contributed by atoms with E-state index in [2.05, 4.69) is 20.8 Å². The van der Waals surface area contributed by atoms with Gasteiger partial charge in [-0.25, -0.2) is 4.79 Å².